The summed E-state index contributed by atoms with van der Waals surface area (Å²) in [6.07, 6.45) is 0. The van der Waals surface area contributed by atoms with Crippen LogP contribution in [0, 0.1) is 0 Å². The first kappa shape index (κ1) is 9.48. The average Bonchev–Trinajstić information content (AvgIpc) is 2.05. The Morgan fingerprint density at radius 3 is 3.08 bits per heavy atom. The van der Waals surface area contributed by atoms with Crippen LogP contribution < -0.4 is 5.32 Å². The largest absolute Gasteiger partial charge is 0.377 e. The summed E-state index contributed by atoms with van der Waals surface area (Å²) in [6, 6.07) is 0.209. The molecule has 0 saturated carbocycles. The summed E-state index contributed by atoms with van der Waals surface area (Å²) in [5, 5.41) is 3.05. The van der Waals surface area contributed by atoms with Gasteiger partial charge in [0.15, 0.2) is 0 Å². The number of carbonyl (C=O) groups is 1. The first-order chi connectivity index (χ1) is 5.75. The van der Waals surface area contributed by atoms with Crippen molar-refractivity contribution in [1.82, 2.24) is 10.2 Å². The highest BCUT2D eigenvalue weighted by Crippen LogP contribution is 2.05. The van der Waals surface area contributed by atoms with E-state index in [0.29, 0.717) is 13.2 Å². The lowest BCUT2D eigenvalue weighted by Gasteiger charge is -2.34. The summed E-state index contributed by atoms with van der Waals surface area (Å²) in [5.41, 5.74) is 0. The molecule has 4 nitrogen and oxygen atoms in total. The Kier molecular flexibility index (Phi) is 3.49. The fourth-order valence-electron chi connectivity index (χ4n) is 1.47. The molecule has 0 bridgehead atoms. The van der Waals surface area contributed by atoms with Crippen LogP contribution in [-0.2, 0) is 9.53 Å². The normalized spacial score (nSPS) is 24.2. The Morgan fingerprint density at radius 2 is 2.50 bits per heavy atom. The molecule has 1 amide bonds. The van der Waals surface area contributed by atoms with Gasteiger partial charge in [-0.2, -0.15) is 0 Å². The van der Waals surface area contributed by atoms with Crippen LogP contribution in [0.25, 0.3) is 0 Å². The highest BCUT2D eigenvalue weighted by Gasteiger charge is 2.23. The minimum absolute atomic E-state index is 0.138. The van der Waals surface area contributed by atoms with Crippen molar-refractivity contribution in [3.05, 3.63) is 0 Å². The van der Waals surface area contributed by atoms with E-state index in [0.717, 1.165) is 13.1 Å². The summed E-state index contributed by atoms with van der Waals surface area (Å²) in [5.74, 6) is 0.138. The lowest BCUT2D eigenvalue weighted by Crippen LogP contribution is -2.51. The molecule has 0 aromatic carbocycles. The predicted octanol–water partition coefficient (Wildman–Crippen LogP) is -0.547. The molecule has 1 fully saturated rings. The smallest absolute Gasteiger partial charge is 0.219 e. The number of likely N-dealkylation sites (N-methyl/N-ethyl adjacent to an activating group) is 1. The molecule has 1 rings (SSSR count). The third-order valence-electron chi connectivity index (χ3n) is 2.07. The zero-order valence-electron chi connectivity index (χ0n) is 7.67. The van der Waals surface area contributed by atoms with Crippen molar-refractivity contribution < 1.29 is 9.53 Å². The second-order valence-corrected chi connectivity index (χ2v) is 3.00. The molecular weight excluding hydrogens is 156 g/mol. The van der Waals surface area contributed by atoms with Gasteiger partial charge in [-0.1, -0.05) is 0 Å². The van der Waals surface area contributed by atoms with Crippen LogP contribution in [0.1, 0.15) is 6.92 Å². The molecule has 0 spiro atoms. The van der Waals surface area contributed by atoms with Crippen LogP contribution in [0.15, 0.2) is 0 Å². The molecule has 1 saturated heterocycles. The van der Waals surface area contributed by atoms with Crippen molar-refractivity contribution >= 4 is 5.91 Å². The monoisotopic (exact) mass is 172 g/mol. The highest BCUT2D eigenvalue weighted by molar-refractivity contribution is 5.73. The molecule has 0 radical (unpaired) electrons. The number of carbonyl (C=O) groups excluding carboxylic acids is 1. The van der Waals surface area contributed by atoms with Crippen molar-refractivity contribution in [2.24, 2.45) is 0 Å². The van der Waals surface area contributed by atoms with Crippen LogP contribution in [-0.4, -0.2) is 50.2 Å². The van der Waals surface area contributed by atoms with Gasteiger partial charge in [0.2, 0.25) is 5.91 Å². The molecule has 4 heteroatoms. The van der Waals surface area contributed by atoms with E-state index < -0.39 is 0 Å². The van der Waals surface area contributed by atoms with E-state index >= 15 is 0 Å². The first-order valence-electron chi connectivity index (χ1n) is 4.25. The van der Waals surface area contributed by atoms with Crippen molar-refractivity contribution in [1.29, 1.82) is 0 Å². The molecule has 1 atom stereocenters. The molecule has 1 aliphatic heterocycles. The van der Waals surface area contributed by atoms with Gasteiger partial charge in [0.25, 0.3) is 0 Å². The molecule has 1 N–H and O–H groups in total. The number of nitrogens with one attached hydrogen (secondary N) is 1. The first-order valence-corrected chi connectivity index (χ1v) is 4.25. The maximum atomic E-state index is 11.1. The van der Waals surface area contributed by atoms with Crippen molar-refractivity contribution in [2.45, 2.75) is 13.0 Å². The van der Waals surface area contributed by atoms with E-state index in [4.69, 9.17) is 4.74 Å². The summed E-state index contributed by atoms with van der Waals surface area (Å²) in [7, 11) is 1.88. The molecule has 1 heterocycles. The molecular formula is C8H16N2O2. The Bertz CT molecular complexity index is 159. The quantitative estimate of drug-likeness (QED) is 0.608. The van der Waals surface area contributed by atoms with Gasteiger partial charge in [-0.05, 0) is 7.05 Å². The van der Waals surface area contributed by atoms with Crippen LogP contribution in [0.2, 0.25) is 0 Å². The Labute approximate surface area is 72.9 Å². The van der Waals surface area contributed by atoms with Gasteiger partial charge in [-0.3, -0.25) is 4.79 Å². The third kappa shape index (κ3) is 2.19. The SMILES string of the molecule is CNC[C@H]1COCCN1C(C)=O. The summed E-state index contributed by atoms with van der Waals surface area (Å²) >= 11 is 0. The molecule has 12 heavy (non-hydrogen) atoms. The fourth-order valence-corrected chi connectivity index (χ4v) is 1.47. The lowest BCUT2D eigenvalue weighted by atomic mass is 10.2. The highest BCUT2D eigenvalue weighted by atomic mass is 16.5. The number of hydrogen-bond acceptors (Lipinski definition) is 3. The fraction of sp³-hybridized carbons (Fsp3) is 0.875. The van der Waals surface area contributed by atoms with E-state index in [1.807, 2.05) is 11.9 Å². The van der Waals surface area contributed by atoms with Crippen molar-refractivity contribution in [3.8, 4) is 0 Å². The number of ether oxygens (including phenoxy) is 1. The van der Waals surface area contributed by atoms with Gasteiger partial charge in [0.1, 0.15) is 0 Å². The standard InChI is InChI=1S/C8H16N2O2/c1-7(11)10-3-4-12-6-8(10)5-9-2/h8-9H,3-6H2,1-2H3/t8-/m0/s1. The zero-order valence-corrected chi connectivity index (χ0v) is 7.67. The number of nitrogens with zero attached hydrogens (tertiary/aromatic N) is 1. The van der Waals surface area contributed by atoms with E-state index in [1.54, 1.807) is 6.92 Å². The number of rotatable bonds is 2. The van der Waals surface area contributed by atoms with E-state index in [9.17, 15) is 4.79 Å². The third-order valence-corrected chi connectivity index (χ3v) is 2.07. The van der Waals surface area contributed by atoms with Gasteiger partial charge < -0.3 is 15.0 Å². The van der Waals surface area contributed by atoms with Gasteiger partial charge >= 0.3 is 0 Å². The molecule has 0 unspecified atom stereocenters. The van der Waals surface area contributed by atoms with E-state index in [1.165, 1.54) is 0 Å². The van der Waals surface area contributed by atoms with Gasteiger partial charge in [-0.15, -0.1) is 0 Å². The molecule has 70 valence electrons. The molecule has 0 aromatic rings. The topological polar surface area (TPSA) is 41.6 Å². The van der Waals surface area contributed by atoms with Crippen LogP contribution in [0.4, 0.5) is 0 Å². The Balaban J connectivity index is 2.48. The Hall–Kier alpha value is -0.610. The summed E-state index contributed by atoms with van der Waals surface area (Å²) in [6.45, 7) is 4.45. The second-order valence-electron chi connectivity index (χ2n) is 3.00. The summed E-state index contributed by atoms with van der Waals surface area (Å²) < 4.78 is 5.28. The van der Waals surface area contributed by atoms with Crippen molar-refractivity contribution in [2.75, 3.05) is 33.4 Å². The maximum absolute atomic E-state index is 11.1. The Morgan fingerprint density at radius 1 is 1.75 bits per heavy atom. The minimum atomic E-state index is 0.138. The number of hydrogen-bond donors (Lipinski definition) is 1. The maximum Gasteiger partial charge on any atom is 0.219 e. The van der Waals surface area contributed by atoms with E-state index in [2.05, 4.69) is 5.32 Å². The van der Waals surface area contributed by atoms with Gasteiger partial charge in [0, 0.05) is 20.0 Å². The van der Waals surface area contributed by atoms with Crippen LogP contribution in [0.3, 0.4) is 0 Å². The van der Waals surface area contributed by atoms with E-state index in [-0.39, 0.29) is 11.9 Å². The average molecular weight is 172 g/mol. The van der Waals surface area contributed by atoms with Gasteiger partial charge in [-0.25, -0.2) is 0 Å². The molecule has 1 aliphatic rings. The summed E-state index contributed by atoms with van der Waals surface area (Å²) in [4.78, 5) is 13.0. The number of morpholine rings is 1. The zero-order chi connectivity index (χ0) is 8.97. The molecule has 0 aromatic heterocycles. The molecule has 0 aliphatic carbocycles. The van der Waals surface area contributed by atoms with Crippen LogP contribution in [0.5, 0.6) is 0 Å². The van der Waals surface area contributed by atoms with Gasteiger partial charge in [0.05, 0.1) is 19.3 Å². The lowest BCUT2D eigenvalue weighted by molar-refractivity contribution is -0.137. The van der Waals surface area contributed by atoms with Crippen LogP contribution >= 0.6 is 0 Å². The minimum Gasteiger partial charge on any atom is -0.377 e. The predicted molar refractivity (Wildman–Crippen MR) is 45.9 cm³/mol. The van der Waals surface area contributed by atoms with Crippen molar-refractivity contribution in [3.63, 3.8) is 0 Å². The second kappa shape index (κ2) is 4.42. The number of amides is 1.